The van der Waals surface area contributed by atoms with Crippen LogP contribution in [0.3, 0.4) is 0 Å². The lowest BCUT2D eigenvalue weighted by Crippen LogP contribution is -2.21. The molecule has 18 heavy (non-hydrogen) atoms. The van der Waals surface area contributed by atoms with Crippen molar-refractivity contribution in [2.45, 2.75) is 6.42 Å². The summed E-state index contributed by atoms with van der Waals surface area (Å²) < 4.78 is 0. The van der Waals surface area contributed by atoms with E-state index in [0.717, 1.165) is 25.3 Å². The number of aromatic nitrogens is 1. The van der Waals surface area contributed by atoms with Crippen molar-refractivity contribution in [2.75, 3.05) is 46.6 Å². The van der Waals surface area contributed by atoms with E-state index in [-0.39, 0.29) is 5.91 Å². The Labute approximate surface area is 109 Å². The molecular formula is C13H22N4O. The highest BCUT2D eigenvalue weighted by atomic mass is 16.2. The van der Waals surface area contributed by atoms with Gasteiger partial charge in [0, 0.05) is 26.8 Å². The Bertz CT molecular complexity index is 373. The molecule has 5 nitrogen and oxygen atoms in total. The van der Waals surface area contributed by atoms with Gasteiger partial charge in [-0.05, 0) is 39.2 Å². The first-order valence-corrected chi connectivity index (χ1v) is 6.07. The average Bonchev–Trinajstić information content (AvgIpc) is 2.34. The van der Waals surface area contributed by atoms with Gasteiger partial charge in [0.1, 0.15) is 5.82 Å². The Morgan fingerprint density at radius 1 is 1.28 bits per heavy atom. The van der Waals surface area contributed by atoms with Crippen molar-refractivity contribution in [1.29, 1.82) is 0 Å². The minimum atomic E-state index is -0.0262. The van der Waals surface area contributed by atoms with E-state index in [2.05, 4.69) is 29.3 Å². The lowest BCUT2D eigenvalue weighted by Gasteiger charge is -2.11. The largest absolute Gasteiger partial charge is 0.370 e. The number of carbonyl (C=O) groups is 1. The van der Waals surface area contributed by atoms with Crippen LogP contribution in [0.1, 0.15) is 16.8 Å². The van der Waals surface area contributed by atoms with Crippen LogP contribution in [0.25, 0.3) is 0 Å². The highest BCUT2D eigenvalue weighted by molar-refractivity contribution is 5.93. The number of anilines is 1. The van der Waals surface area contributed by atoms with Crippen molar-refractivity contribution in [1.82, 2.24) is 14.8 Å². The van der Waals surface area contributed by atoms with Gasteiger partial charge >= 0.3 is 0 Å². The summed E-state index contributed by atoms with van der Waals surface area (Å²) in [7, 11) is 7.57. The second-order valence-corrected chi connectivity index (χ2v) is 4.72. The standard InChI is InChI=1S/C13H22N4O/c1-16(2)9-5-8-14-12-7-6-11(10-15-12)13(18)17(3)4/h6-7,10H,5,8-9H2,1-4H3,(H,14,15). The zero-order chi connectivity index (χ0) is 13.5. The molecule has 5 heteroatoms. The van der Waals surface area contributed by atoms with Crippen LogP contribution in [-0.4, -0.2) is 62.0 Å². The van der Waals surface area contributed by atoms with Crippen LogP contribution in [0.2, 0.25) is 0 Å². The highest BCUT2D eigenvalue weighted by Crippen LogP contribution is 2.06. The molecular weight excluding hydrogens is 228 g/mol. The van der Waals surface area contributed by atoms with Gasteiger partial charge in [0.05, 0.1) is 5.56 Å². The molecule has 1 amide bonds. The van der Waals surface area contributed by atoms with Crippen molar-refractivity contribution < 1.29 is 4.79 Å². The molecule has 0 aliphatic heterocycles. The third-order valence-electron chi connectivity index (χ3n) is 2.50. The molecule has 1 N–H and O–H groups in total. The van der Waals surface area contributed by atoms with Crippen LogP contribution in [0.15, 0.2) is 18.3 Å². The molecule has 0 spiro atoms. The minimum Gasteiger partial charge on any atom is -0.370 e. The van der Waals surface area contributed by atoms with E-state index < -0.39 is 0 Å². The maximum Gasteiger partial charge on any atom is 0.254 e. The summed E-state index contributed by atoms with van der Waals surface area (Å²) in [4.78, 5) is 19.6. The predicted molar refractivity (Wildman–Crippen MR) is 73.9 cm³/mol. The first-order chi connectivity index (χ1) is 8.50. The van der Waals surface area contributed by atoms with Gasteiger partial charge in [-0.1, -0.05) is 0 Å². The molecule has 0 saturated carbocycles. The number of nitrogens with zero attached hydrogens (tertiary/aromatic N) is 3. The fraction of sp³-hybridized carbons (Fsp3) is 0.538. The number of hydrogen-bond acceptors (Lipinski definition) is 4. The minimum absolute atomic E-state index is 0.0262. The van der Waals surface area contributed by atoms with Gasteiger partial charge in [0.2, 0.25) is 0 Å². The van der Waals surface area contributed by atoms with E-state index in [1.165, 1.54) is 0 Å². The SMILES string of the molecule is CN(C)CCCNc1ccc(C(=O)N(C)C)cn1. The molecule has 1 heterocycles. The number of amides is 1. The summed E-state index contributed by atoms with van der Waals surface area (Å²) >= 11 is 0. The second kappa shape index (κ2) is 6.96. The summed E-state index contributed by atoms with van der Waals surface area (Å²) in [5.74, 6) is 0.783. The Morgan fingerprint density at radius 3 is 2.50 bits per heavy atom. The van der Waals surface area contributed by atoms with Gasteiger partial charge < -0.3 is 15.1 Å². The molecule has 1 aromatic heterocycles. The van der Waals surface area contributed by atoms with Crippen molar-refractivity contribution in [2.24, 2.45) is 0 Å². The quantitative estimate of drug-likeness (QED) is 0.769. The van der Waals surface area contributed by atoms with Gasteiger partial charge in [-0.3, -0.25) is 4.79 Å². The lowest BCUT2D eigenvalue weighted by molar-refractivity contribution is 0.0827. The summed E-state index contributed by atoms with van der Waals surface area (Å²) in [6.07, 6.45) is 2.67. The summed E-state index contributed by atoms with van der Waals surface area (Å²) in [6.45, 7) is 1.93. The monoisotopic (exact) mass is 250 g/mol. The molecule has 100 valence electrons. The van der Waals surface area contributed by atoms with Gasteiger partial charge in [0.15, 0.2) is 0 Å². The lowest BCUT2D eigenvalue weighted by atomic mass is 10.2. The highest BCUT2D eigenvalue weighted by Gasteiger charge is 2.07. The normalized spacial score (nSPS) is 10.5. The van der Waals surface area contributed by atoms with Gasteiger partial charge in [-0.2, -0.15) is 0 Å². The predicted octanol–water partition coefficient (Wildman–Crippen LogP) is 1.15. The fourth-order valence-electron chi connectivity index (χ4n) is 1.49. The fourth-order valence-corrected chi connectivity index (χ4v) is 1.49. The second-order valence-electron chi connectivity index (χ2n) is 4.72. The number of rotatable bonds is 6. The molecule has 0 fully saturated rings. The van der Waals surface area contributed by atoms with Gasteiger partial charge in [-0.15, -0.1) is 0 Å². The van der Waals surface area contributed by atoms with Crippen molar-refractivity contribution in [3.05, 3.63) is 23.9 Å². The number of carbonyl (C=O) groups excluding carboxylic acids is 1. The maximum absolute atomic E-state index is 11.7. The molecule has 0 atom stereocenters. The Morgan fingerprint density at radius 2 is 2.00 bits per heavy atom. The third-order valence-corrected chi connectivity index (χ3v) is 2.50. The molecule has 1 rings (SSSR count). The third kappa shape index (κ3) is 4.71. The average molecular weight is 250 g/mol. The van der Waals surface area contributed by atoms with Gasteiger partial charge in [0.25, 0.3) is 5.91 Å². The maximum atomic E-state index is 11.7. The van der Waals surface area contributed by atoms with E-state index in [1.54, 1.807) is 31.3 Å². The van der Waals surface area contributed by atoms with Crippen molar-refractivity contribution in [3.8, 4) is 0 Å². The number of hydrogen-bond donors (Lipinski definition) is 1. The molecule has 0 saturated heterocycles. The van der Waals surface area contributed by atoms with Crippen molar-refractivity contribution >= 4 is 11.7 Å². The van der Waals surface area contributed by atoms with Crippen molar-refractivity contribution in [3.63, 3.8) is 0 Å². The van der Waals surface area contributed by atoms with E-state index in [0.29, 0.717) is 5.56 Å². The molecule has 0 aliphatic rings. The molecule has 0 unspecified atom stereocenters. The van der Waals surface area contributed by atoms with E-state index in [1.807, 2.05) is 6.07 Å². The molecule has 1 aromatic rings. The summed E-state index contributed by atoms with van der Waals surface area (Å²) in [5, 5.41) is 3.23. The van der Waals surface area contributed by atoms with Crippen LogP contribution in [-0.2, 0) is 0 Å². The zero-order valence-corrected chi connectivity index (χ0v) is 11.6. The first kappa shape index (κ1) is 14.4. The smallest absolute Gasteiger partial charge is 0.254 e. The molecule has 0 aliphatic carbocycles. The van der Waals surface area contributed by atoms with Crippen LogP contribution in [0, 0.1) is 0 Å². The summed E-state index contributed by atoms with van der Waals surface area (Å²) in [5.41, 5.74) is 0.610. The Hall–Kier alpha value is -1.62. The first-order valence-electron chi connectivity index (χ1n) is 6.07. The van der Waals surface area contributed by atoms with E-state index >= 15 is 0 Å². The Kier molecular flexibility index (Phi) is 5.58. The molecule has 0 bridgehead atoms. The zero-order valence-electron chi connectivity index (χ0n) is 11.6. The number of pyridine rings is 1. The number of nitrogens with one attached hydrogen (secondary N) is 1. The molecule has 0 aromatic carbocycles. The summed E-state index contributed by atoms with van der Waals surface area (Å²) in [6, 6.07) is 3.63. The van der Waals surface area contributed by atoms with E-state index in [9.17, 15) is 4.79 Å². The Balaban J connectivity index is 2.43. The van der Waals surface area contributed by atoms with Gasteiger partial charge in [-0.25, -0.2) is 4.98 Å². The topological polar surface area (TPSA) is 48.5 Å². The van der Waals surface area contributed by atoms with E-state index in [4.69, 9.17) is 0 Å². The van der Waals surface area contributed by atoms with Crippen LogP contribution >= 0.6 is 0 Å². The van der Waals surface area contributed by atoms with Crippen LogP contribution in [0.5, 0.6) is 0 Å². The van der Waals surface area contributed by atoms with Crippen LogP contribution < -0.4 is 5.32 Å². The molecule has 0 radical (unpaired) electrons. The van der Waals surface area contributed by atoms with Crippen LogP contribution in [0.4, 0.5) is 5.82 Å².